The number of rotatable bonds is 1. The summed E-state index contributed by atoms with van der Waals surface area (Å²) in [6, 6.07) is 3.26. The lowest BCUT2D eigenvalue weighted by molar-refractivity contribution is 0.0766. The largest absolute Gasteiger partial charge is 0.337 e. The monoisotopic (exact) mass is 276 g/mol. The van der Waals surface area contributed by atoms with Gasteiger partial charge in [-0.1, -0.05) is 0 Å². The minimum absolute atomic E-state index is 0. The Kier molecular flexibility index (Phi) is 5.50. The van der Waals surface area contributed by atoms with Crippen molar-refractivity contribution in [3.05, 3.63) is 35.4 Å². The molecule has 18 heavy (non-hydrogen) atoms. The number of carbonyl (C=O) groups is 1. The molecule has 1 aromatic rings. The van der Waals surface area contributed by atoms with Gasteiger partial charge in [0.05, 0.1) is 0 Å². The number of carbonyl (C=O) groups excluding carboxylic acids is 1. The van der Waals surface area contributed by atoms with Crippen LogP contribution in [-0.2, 0) is 0 Å². The Balaban J connectivity index is 0.00000162. The van der Waals surface area contributed by atoms with Crippen molar-refractivity contribution in [1.29, 1.82) is 0 Å². The van der Waals surface area contributed by atoms with Gasteiger partial charge in [-0.2, -0.15) is 0 Å². The van der Waals surface area contributed by atoms with E-state index >= 15 is 0 Å². The van der Waals surface area contributed by atoms with E-state index < -0.39 is 11.6 Å². The van der Waals surface area contributed by atoms with Gasteiger partial charge in [-0.15, -0.1) is 12.4 Å². The molecule has 0 aromatic heterocycles. The molecule has 0 spiro atoms. The molecule has 1 aliphatic rings. The molecule has 0 saturated carbocycles. The van der Waals surface area contributed by atoms with Crippen molar-refractivity contribution in [2.24, 2.45) is 0 Å². The molecule has 1 saturated heterocycles. The molecule has 1 N–H and O–H groups in total. The lowest BCUT2D eigenvalue weighted by Gasteiger charge is -2.19. The molecule has 0 aliphatic carbocycles. The normalized spacial score (nSPS) is 15.8. The van der Waals surface area contributed by atoms with Crippen LogP contribution in [0.3, 0.4) is 0 Å². The average molecular weight is 277 g/mol. The van der Waals surface area contributed by atoms with Crippen LogP contribution >= 0.6 is 12.4 Å². The van der Waals surface area contributed by atoms with Gasteiger partial charge in [0.2, 0.25) is 0 Å². The Hall–Kier alpha value is -1.20. The smallest absolute Gasteiger partial charge is 0.254 e. The van der Waals surface area contributed by atoms with E-state index in [2.05, 4.69) is 5.32 Å². The Morgan fingerprint density at radius 3 is 2.67 bits per heavy atom. The molecule has 3 nitrogen and oxygen atoms in total. The first kappa shape index (κ1) is 14.9. The summed E-state index contributed by atoms with van der Waals surface area (Å²) in [7, 11) is 0. The van der Waals surface area contributed by atoms with E-state index in [-0.39, 0.29) is 23.9 Å². The van der Waals surface area contributed by atoms with Crippen molar-refractivity contribution < 1.29 is 13.6 Å². The maximum Gasteiger partial charge on any atom is 0.254 e. The highest BCUT2D eigenvalue weighted by Gasteiger charge is 2.18. The summed E-state index contributed by atoms with van der Waals surface area (Å²) in [6.07, 6.45) is 0.870. The van der Waals surface area contributed by atoms with Crippen LogP contribution in [-0.4, -0.2) is 37.0 Å². The van der Waals surface area contributed by atoms with Crippen molar-refractivity contribution in [3.8, 4) is 0 Å². The fourth-order valence-electron chi connectivity index (χ4n) is 1.86. The van der Waals surface area contributed by atoms with Gasteiger partial charge in [-0.25, -0.2) is 8.78 Å². The van der Waals surface area contributed by atoms with Gasteiger partial charge in [0.25, 0.3) is 5.91 Å². The van der Waals surface area contributed by atoms with Gasteiger partial charge < -0.3 is 10.2 Å². The lowest BCUT2D eigenvalue weighted by Crippen LogP contribution is -2.34. The predicted octanol–water partition coefficient (Wildman–Crippen LogP) is 1.82. The molecule has 0 atom stereocenters. The molecule has 1 aliphatic heterocycles. The molecular weight excluding hydrogens is 262 g/mol. The third kappa shape index (κ3) is 3.40. The summed E-state index contributed by atoms with van der Waals surface area (Å²) in [5.74, 6) is -2.16. The first-order chi connectivity index (χ1) is 8.18. The fraction of sp³-hybridized carbons (Fsp3) is 0.417. The molecule has 1 fully saturated rings. The average Bonchev–Trinajstić information content (AvgIpc) is 2.60. The molecular formula is C12H15ClF2N2O. The van der Waals surface area contributed by atoms with Crippen molar-refractivity contribution in [2.75, 3.05) is 26.2 Å². The second-order valence-corrected chi connectivity index (χ2v) is 4.02. The molecule has 1 heterocycles. The Morgan fingerprint density at radius 1 is 1.17 bits per heavy atom. The quantitative estimate of drug-likeness (QED) is 0.849. The zero-order valence-corrected chi connectivity index (χ0v) is 10.6. The molecule has 1 amide bonds. The van der Waals surface area contributed by atoms with E-state index in [1.54, 1.807) is 4.90 Å². The maximum absolute atomic E-state index is 13.0. The standard InChI is InChI=1S/C12H14F2N2O.ClH/c13-10-3-2-9(8-11(10)14)12(17)16-6-1-4-15-5-7-16;/h2-3,8,15H,1,4-7H2;1H. The maximum atomic E-state index is 13.0. The van der Waals surface area contributed by atoms with Crippen LogP contribution < -0.4 is 5.32 Å². The molecule has 1 aromatic carbocycles. The summed E-state index contributed by atoms with van der Waals surface area (Å²) < 4.78 is 25.8. The van der Waals surface area contributed by atoms with E-state index in [4.69, 9.17) is 0 Å². The van der Waals surface area contributed by atoms with Crippen molar-refractivity contribution in [2.45, 2.75) is 6.42 Å². The first-order valence-electron chi connectivity index (χ1n) is 5.63. The Bertz CT molecular complexity index is 421. The van der Waals surface area contributed by atoms with Crippen molar-refractivity contribution in [3.63, 3.8) is 0 Å². The third-order valence-corrected chi connectivity index (χ3v) is 2.79. The molecule has 0 radical (unpaired) electrons. The third-order valence-electron chi connectivity index (χ3n) is 2.79. The summed E-state index contributed by atoms with van der Waals surface area (Å²) in [5, 5.41) is 3.18. The number of nitrogens with zero attached hydrogens (tertiary/aromatic N) is 1. The van der Waals surface area contributed by atoms with E-state index in [1.165, 1.54) is 6.07 Å². The van der Waals surface area contributed by atoms with Crippen LogP contribution in [0.5, 0.6) is 0 Å². The van der Waals surface area contributed by atoms with Crippen LogP contribution in [0.4, 0.5) is 8.78 Å². The van der Waals surface area contributed by atoms with Gasteiger partial charge in [-0.05, 0) is 31.2 Å². The van der Waals surface area contributed by atoms with Crippen molar-refractivity contribution in [1.82, 2.24) is 10.2 Å². The number of hydrogen-bond acceptors (Lipinski definition) is 2. The van der Waals surface area contributed by atoms with E-state index in [1.807, 2.05) is 0 Å². The van der Waals surface area contributed by atoms with Gasteiger partial charge in [0, 0.05) is 25.2 Å². The van der Waals surface area contributed by atoms with Crippen molar-refractivity contribution >= 4 is 18.3 Å². The number of halogens is 3. The lowest BCUT2D eigenvalue weighted by atomic mass is 10.2. The second-order valence-electron chi connectivity index (χ2n) is 4.02. The van der Waals surface area contributed by atoms with Crippen LogP contribution in [0.1, 0.15) is 16.8 Å². The predicted molar refractivity (Wildman–Crippen MR) is 67.0 cm³/mol. The van der Waals surface area contributed by atoms with E-state index in [0.717, 1.165) is 31.6 Å². The molecule has 2 rings (SSSR count). The molecule has 0 bridgehead atoms. The highest BCUT2D eigenvalue weighted by Crippen LogP contribution is 2.11. The number of nitrogens with one attached hydrogen (secondary N) is 1. The topological polar surface area (TPSA) is 32.3 Å². The highest BCUT2D eigenvalue weighted by atomic mass is 35.5. The number of benzene rings is 1. The van der Waals surface area contributed by atoms with Gasteiger partial charge in [0.1, 0.15) is 0 Å². The van der Waals surface area contributed by atoms with Gasteiger partial charge in [0.15, 0.2) is 11.6 Å². The highest BCUT2D eigenvalue weighted by molar-refractivity contribution is 5.94. The fourth-order valence-corrected chi connectivity index (χ4v) is 1.86. The van der Waals surface area contributed by atoms with Gasteiger partial charge in [-0.3, -0.25) is 4.79 Å². The van der Waals surface area contributed by atoms with E-state index in [0.29, 0.717) is 13.1 Å². The SMILES string of the molecule is Cl.O=C(c1ccc(F)c(F)c1)N1CCCNCC1. The molecule has 6 heteroatoms. The zero-order valence-electron chi connectivity index (χ0n) is 9.79. The minimum atomic E-state index is -0.983. The Morgan fingerprint density at radius 2 is 1.94 bits per heavy atom. The summed E-state index contributed by atoms with van der Waals surface area (Å²) >= 11 is 0. The van der Waals surface area contributed by atoms with E-state index in [9.17, 15) is 13.6 Å². The zero-order chi connectivity index (χ0) is 12.3. The second kappa shape index (κ2) is 6.66. The number of hydrogen-bond donors (Lipinski definition) is 1. The first-order valence-corrected chi connectivity index (χ1v) is 5.63. The van der Waals surface area contributed by atoms with Crippen LogP contribution in [0.2, 0.25) is 0 Å². The van der Waals surface area contributed by atoms with Crippen LogP contribution in [0, 0.1) is 11.6 Å². The minimum Gasteiger partial charge on any atom is -0.337 e. The molecule has 0 unspecified atom stereocenters. The van der Waals surface area contributed by atoms with Crippen LogP contribution in [0.15, 0.2) is 18.2 Å². The summed E-state index contributed by atoms with van der Waals surface area (Å²) in [4.78, 5) is 13.7. The summed E-state index contributed by atoms with van der Waals surface area (Å²) in [5.41, 5.74) is 0.200. The van der Waals surface area contributed by atoms with Crippen LogP contribution in [0.25, 0.3) is 0 Å². The molecule has 100 valence electrons. The number of amides is 1. The van der Waals surface area contributed by atoms with Gasteiger partial charge >= 0.3 is 0 Å². The summed E-state index contributed by atoms with van der Waals surface area (Å²) in [6.45, 7) is 2.85. The Labute approximate surface area is 111 Å².